The highest BCUT2D eigenvalue weighted by molar-refractivity contribution is 9.10. The molecule has 108 valence electrons. The molecule has 0 saturated carbocycles. The summed E-state index contributed by atoms with van der Waals surface area (Å²) >= 11 is 3.04. The minimum Gasteiger partial charge on any atom is -0.481 e. The maximum atomic E-state index is 13.4. The average Bonchev–Trinajstić information content (AvgIpc) is 2.81. The third-order valence-corrected chi connectivity index (χ3v) is 3.86. The van der Waals surface area contributed by atoms with Crippen LogP contribution in [0.3, 0.4) is 0 Å². The minimum atomic E-state index is -0.926. The average molecular weight is 345 g/mol. The number of anilines is 1. The lowest BCUT2D eigenvalue weighted by Gasteiger charge is -2.23. The predicted molar refractivity (Wildman–Crippen MR) is 75.1 cm³/mol. The minimum absolute atomic E-state index is 0.0673. The standard InChI is InChI=1S/C13H14BrFN2O3/c14-10-4-3-8(6-11(10)15)16-13(20)17-5-1-2-9(17)7-12(18)19/h3-4,6,9H,1-2,5,7H2,(H,16,20)(H,18,19). The first-order chi connectivity index (χ1) is 9.47. The summed E-state index contributed by atoms with van der Waals surface area (Å²) in [5.74, 6) is -1.39. The molecule has 0 aliphatic carbocycles. The number of rotatable bonds is 3. The maximum absolute atomic E-state index is 13.4. The quantitative estimate of drug-likeness (QED) is 0.885. The van der Waals surface area contributed by atoms with Crippen LogP contribution in [0.4, 0.5) is 14.9 Å². The van der Waals surface area contributed by atoms with E-state index in [9.17, 15) is 14.0 Å². The van der Waals surface area contributed by atoms with Gasteiger partial charge in [0.05, 0.1) is 10.9 Å². The van der Waals surface area contributed by atoms with E-state index in [1.165, 1.54) is 17.0 Å². The largest absolute Gasteiger partial charge is 0.481 e. The Morgan fingerprint density at radius 2 is 2.25 bits per heavy atom. The fraction of sp³-hybridized carbons (Fsp3) is 0.385. The number of amides is 2. The van der Waals surface area contributed by atoms with Crippen LogP contribution in [0.25, 0.3) is 0 Å². The first kappa shape index (κ1) is 14.8. The van der Waals surface area contributed by atoms with Crippen LogP contribution in [-0.4, -0.2) is 34.6 Å². The van der Waals surface area contributed by atoms with Crippen molar-refractivity contribution in [2.24, 2.45) is 0 Å². The first-order valence-corrected chi connectivity index (χ1v) is 7.01. The molecule has 7 heteroatoms. The third-order valence-electron chi connectivity index (χ3n) is 3.22. The zero-order chi connectivity index (χ0) is 14.7. The second-order valence-electron chi connectivity index (χ2n) is 4.65. The van der Waals surface area contributed by atoms with Crippen molar-refractivity contribution in [3.63, 3.8) is 0 Å². The molecule has 1 aliphatic heterocycles. The summed E-state index contributed by atoms with van der Waals surface area (Å²) < 4.78 is 13.7. The van der Waals surface area contributed by atoms with Gasteiger partial charge in [0.2, 0.25) is 0 Å². The van der Waals surface area contributed by atoms with Gasteiger partial charge in [-0.3, -0.25) is 4.79 Å². The van der Waals surface area contributed by atoms with Crippen LogP contribution < -0.4 is 5.32 Å². The van der Waals surface area contributed by atoms with Crippen molar-refractivity contribution in [3.8, 4) is 0 Å². The van der Waals surface area contributed by atoms with E-state index < -0.39 is 17.8 Å². The van der Waals surface area contributed by atoms with Gasteiger partial charge in [0, 0.05) is 18.3 Å². The van der Waals surface area contributed by atoms with Crippen LogP contribution in [0.15, 0.2) is 22.7 Å². The smallest absolute Gasteiger partial charge is 0.322 e. The SMILES string of the molecule is O=C(O)CC1CCCN1C(=O)Nc1ccc(Br)c(F)c1. The molecular formula is C13H14BrFN2O3. The molecule has 1 atom stereocenters. The first-order valence-electron chi connectivity index (χ1n) is 6.22. The Hall–Kier alpha value is -1.63. The molecule has 0 spiro atoms. The van der Waals surface area contributed by atoms with E-state index in [0.717, 1.165) is 6.42 Å². The van der Waals surface area contributed by atoms with Gasteiger partial charge in [-0.1, -0.05) is 0 Å². The molecule has 1 aromatic carbocycles. The van der Waals surface area contributed by atoms with Crippen LogP contribution in [0.1, 0.15) is 19.3 Å². The van der Waals surface area contributed by atoms with E-state index in [2.05, 4.69) is 21.2 Å². The second-order valence-corrected chi connectivity index (χ2v) is 5.50. The molecule has 0 radical (unpaired) electrons. The van der Waals surface area contributed by atoms with Crippen LogP contribution in [0.2, 0.25) is 0 Å². The highest BCUT2D eigenvalue weighted by Gasteiger charge is 2.30. The fourth-order valence-corrected chi connectivity index (χ4v) is 2.53. The zero-order valence-corrected chi connectivity index (χ0v) is 12.2. The lowest BCUT2D eigenvalue weighted by atomic mass is 10.1. The number of carboxylic acids is 1. The van der Waals surface area contributed by atoms with Crippen molar-refractivity contribution in [3.05, 3.63) is 28.5 Å². The van der Waals surface area contributed by atoms with Gasteiger partial charge in [-0.05, 0) is 47.0 Å². The predicted octanol–water partition coefficient (Wildman–Crippen LogP) is 3.06. The number of nitrogens with zero attached hydrogens (tertiary/aromatic N) is 1. The number of carbonyl (C=O) groups is 2. The van der Waals surface area contributed by atoms with E-state index in [1.54, 1.807) is 6.07 Å². The number of halogens is 2. The van der Waals surface area contributed by atoms with Crippen LogP contribution in [0.5, 0.6) is 0 Å². The number of aliphatic carboxylic acids is 1. The molecule has 2 rings (SSSR count). The van der Waals surface area contributed by atoms with Crippen LogP contribution in [-0.2, 0) is 4.79 Å². The van der Waals surface area contributed by atoms with Crippen molar-refractivity contribution in [2.75, 3.05) is 11.9 Å². The summed E-state index contributed by atoms with van der Waals surface area (Å²) in [5.41, 5.74) is 0.344. The van der Waals surface area contributed by atoms with E-state index in [1.807, 2.05) is 0 Å². The normalized spacial score (nSPS) is 18.1. The fourth-order valence-electron chi connectivity index (χ4n) is 2.29. The van der Waals surface area contributed by atoms with E-state index in [-0.39, 0.29) is 12.5 Å². The van der Waals surface area contributed by atoms with Crippen molar-refractivity contribution < 1.29 is 19.1 Å². The van der Waals surface area contributed by atoms with E-state index in [0.29, 0.717) is 23.1 Å². The molecule has 20 heavy (non-hydrogen) atoms. The van der Waals surface area contributed by atoms with E-state index in [4.69, 9.17) is 5.11 Å². The number of hydrogen-bond acceptors (Lipinski definition) is 2. The number of benzene rings is 1. The molecule has 1 aromatic rings. The molecule has 5 nitrogen and oxygen atoms in total. The summed E-state index contributed by atoms with van der Waals surface area (Å²) in [6.45, 7) is 0.517. The van der Waals surface area contributed by atoms with Crippen LogP contribution in [0, 0.1) is 5.82 Å². The van der Waals surface area contributed by atoms with Crippen molar-refractivity contribution in [2.45, 2.75) is 25.3 Å². The van der Waals surface area contributed by atoms with Crippen molar-refractivity contribution >= 4 is 33.6 Å². The van der Waals surface area contributed by atoms with Crippen LogP contribution >= 0.6 is 15.9 Å². The number of nitrogens with one attached hydrogen (secondary N) is 1. The van der Waals surface area contributed by atoms with Gasteiger partial charge in [0.1, 0.15) is 5.82 Å². The monoisotopic (exact) mass is 344 g/mol. The summed E-state index contributed by atoms with van der Waals surface area (Å²) in [5, 5.41) is 11.4. The molecule has 2 N–H and O–H groups in total. The van der Waals surface area contributed by atoms with Gasteiger partial charge < -0.3 is 15.3 Å². The molecule has 1 saturated heterocycles. The Morgan fingerprint density at radius 1 is 1.50 bits per heavy atom. The Bertz CT molecular complexity index is 538. The highest BCUT2D eigenvalue weighted by atomic mass is 79.9. The lowest BCUT2D eigenvalue weighted by Crippen LogP contribution is -2.39. The second kappa shape index (κ2) is 6.21. The van der Waals surface area contributed by atoms with Gasteiger partial charge in [0.15, 0.2) is 0 Å². The Labute approximate surface area is 123 Å². The third kappa shape index (κ3) is 3.47. The van der Waals surface area contributed by atoms with Gasteiger partial charge >= 0.3 is 12.0 Å². The molecule has 0 bridgehead atoms. The van der Waals surface area contributed by atoms with Crippen molar-refractivity contribution in [1.29, 1.82) is 0 Å². The van der Waals surface area contributed by atoms with Gasteiger partial charge in [0.25, 0.3) is 0 Å². The summed E-state index contributed by atoms with van der Waals surface area (Å²) in [4.78, 5) is 24.3. The number of urea groups is 1. The highest BCUT2D eigenvalue weighted by Crippen LogP contribution is 2.23. The molecule has 1 aliphatic rings. The number of carboxylic acid groups (broad SMARTS) is 1. The summed E-state index contributed by atoms with van der Waals surface area (Å²) in [6.07, 6.45) is 1.39. The Balaban J connectivity index is 2.03. The molecule has 1 heterocycles. The molecule has 1 unspecified atom stereocenters. The van der Waals surface area contributed by atoms with Crippen molar-refractivity contribution in [1.82, 2.24) is 4.90 Å². The molecule has 0 aromatic heterocycles. The summed E-state index contributed by atoms with van der Waals surface area (Å²) in [6, 6.07) is 3.60. The molecule has 1 fully saturated rings. The topological polar surface area (TPSA) is 69.6 Å². The molecule has 2 amide bonds. The molecular weight excluding hydrogens is 331 g/mol. The number of hydrogen-bond donors (Lipinski definition) is 2. The zero-order valence-electron chi connectivity index (χ0n) is 10.6. The summed E-state index contributed by atoms with van der Waals surface area (Å²) in [7, 11) is 0. The lowest BCUT2D eigenvalue weighted by molar-refractivity contribution is -0.137. The van der Waals surface area contributed by atoms with Gasteiger partial charge in [-0.15, -0.1) is 0 Å². The van der Waals surface area contributed by atoms with E-state index >= 15 is 0 Å². The van der Waals surface area contributed by atoms with Gasteiger partial charge in [-0.2, -0.15) is 0 Å². The number of likely N-dealkylation sites (tertiary alicyclic amines) is 1. The Kier molecular flexibility index (Phi) is 4.59. The Morgan fingerprint density at radius 3 is 2.90 bits per heavy atom. The maximum Gasteiger partial charge on any atom is 0.322 e. The number of carbonyl (C=O) groups excluding carboxylic acids is 1. The van der Waals surface area contributed by atoms with Gasteiger partial charge in [-0.25, -0.2) is 9.18 Å².